The molecule has 3 rings (SSSR count). The first-order valence-electron chi connectivity index (χ1n) is 7.71. The van der Waals surface area contributed by atoms with Crippen molar-refractivity contribution in [2.45, 2.75) is 18.4 Å². The third-order valence-electron chi connectivity index (χ3n) is 3.81. The Balaban J connectivity index is 2.23. The lowest BCUT2D eigenvalue weighted by molar-refractivity contribution is 0.355. The number of benzene rings is 2. The molecule has 9 heteroatoms. The van der Waals surface area contributed by atoms with Gasteiger partial charge in [0.1, 0.15) is 0 Å². The molecular weight excluding hydrogens is 396 g/mol. The molecule has 0 N–H and O–H groups in total. The second kappa shape index (κ2) is 7.30. The van der Waals surface area contributed by atoms with Crippen molar-refractivity contribution in [3.05, 3.63) is 46.2 Å². The maximum Gasteiger partial charge on any atom is 0.285 e. The zero-order valence-corrected chi connectivity index (χ0v) is 16.8. The van der Waals surface area contributed by atoms with Crippen LogP contribution in [0, 0.1) is 0 Å². The molecule has 26 heavy (non-hydrogen) atoms. The van der Waals surface area contributed by atoms with Crippen molar-refractivity contribution in [3.8, 4) is 11.5 Å². The number of halogens is 1. The standard InChI is InChI=1S/C17H17ClN2O4S2/c1-4-20-13-9-14(23-2)15(24-3)10-16(13)25-17(20)19-26(21,22)12-7-5-11(18)6-8-12/h5-10H,4H2,1-3H3. The average Bonchev–Trinajstić information content (AvgIpc) is 2.95. The van der Waals surface area contributed by atoms with Crippen LogP contribution < -0.4 is 14.3 Å². The predicted octanol–water partition coefficient (Wildman–Crippen LogP) is 3.68. The number of aryl methyl sites for hydroxylation is 1. The van der Waals surface area contributed by atoms with Gasteiger partial charge >= 0.3 is 0 Å². The van der Waals surface area contributed by atoms with Crippen LogP contribution in [0.15, 0.2) is 45.7 Å². The third-order valence-corrected chi connectivity index (χ3v) is 6.50. The van der Waals surface area contributed by atoms with E-state index in [1.165, 1.54) is 35.6 Å². The van der Waals surface area contributed by atoms with Gasteiger partial charge in [0.2, 0.25) is 4.80 Å². The number of hydrogen-bond donors (Lipinski definition) is 0. The van der Waals surface area contributed by atoms with E-state index in [0.717, 1.165) is 10.2 Å². The molecule has 3 aromatic rings. The highest BCUT2D eigenvalue weighted by molar-refractivity contribution is 7.90. The molecule has 0 fully saturated rings. The average molecular weight is 413 g/mol. The maximum absolute atomic E-state index is 12.6. The highest BCUT2D eigenvalue weighted by Crippen LogP contribution is 2.33. The van der Waals surface area contributed by atoms with Crippen LogP contribution in [-0.4, -0.2) is 27.2 Å². The van der Waals surface area contributed by atoms with Crippen LogP contribution in [0.25, 0.3) is 10.2 Å². The zero-order valence-electron chi connectivity index (χ0n) is 14.4. The van der Waals surface area contributed by atoms with Crippen molar-refractivity contribution in [1.29, 1.82) is 0 Å². The first-order chi connectivity index (χ1) is 12.4. The lowest BCUT2D eigenvalue weighted by Crippen LogP contribution is -2.16. The summed E-state index contributed by atoms with van der Waals surface area (Å²) in [5.74, 6) is 1.16. The van der Waals surface area contributed by atoms with Crippen molar-refractivity contribution in [3.63, 3.8) is 0 Å². The summed E-state index contributed by atoms with van der Waals surface area (Å²) in [7, 11) is -0.733. The molecule has 0 aliphatic heterocycles. The Kier molecular flexibility index (Phi) is 5.27. The second-order valence-corrected chi connectivity index (χ2v) is 8.37. The van der Waals surface area contributed by atoms with Gasteiger partial charge in [-0.05, 0) is 31.2 Å². The van der Waals surface area contributed by atoms with Crippen molar-refractivity contribution >= 4 is 43.2 Å². The molecule has 0 unspecified atom stereocenters. The molecule has 0 amide bonds. The van der Waals surface area contributed by atoms with Gasteiger partial charge in [0, 0.05) is 23.7 Å². The molecular formula is C17H17ClN2O4S2. The number of fused-ring (bicyclic) bond motifs is 1. The second-order valence-electron chi connectivity index (χ2n) is 5.32. The number of thiazole rings is 1. The van der Waals surface area contributed by atoms with Gasteiger partial charge in [-0.3, -0.25) is 0 Å². The van der Waals surface area contributed by atoms with Crippen molar-refractivity contribution in [1.82, 2.24) is 4.57 Å². The van der Waals surface area contributed by atoms with E-state index in [0.29, 0.717) is 27.9 Å². The molecule has 1 aromatic heterocycles. The fraction of sp³-hybridized carbons (Fsp3) is 0.235. The van der Waals surface area contributed by atoms with Gasteiger partial charge in [-0.1, -0.05) is 22.9 Å². The minimum absolute atomic E-state index is 0.0946. The largest absolute Gasteiger partial charge is 0.493 e. The fourth-order valence-corrected chi connectivity index (χ4v) is 4.97. The van der Waals surface area contributed by atoms with Gasteiger partial charge in [0.25, 0.3) is 10.0 Å². The summed E-state index contributed by atoms with van der Waals surface area (Å²) in [4.78, 5) is 0.477. The lowest BCUT2D eigenvalue weighted by atomic mass is 10.3. The fourth-order valence-electron chi connectivity index (χ4n) is 2.53. The third kappa shape index (κ3) is 3.44. The number of aromatic nitrogens is 1. The van der Waals surface area contributed by atoms with E-state index in [4.69, 9.17) is 21.1 Å². The van der Waals surface area contributed by atoms with Gasteiger partial charge in [0.05, 0.1) is 29.3 Å². The van der Waals surface area contributed by atoms with Gasteiger partial charge in [-0.25, -0.2) is 0 Å². The Labute approximate surface area is 160 Å². The first-order valence-corrected chi connectivity index (χ1v) is 10.3. The van der Waals surface area contributed by atoms with Crippen LogP contribution in [0.1, 0.15) is 6.92 Å². The zero-order chi connectivity index (χ0) is 18.9. The normalized spacial score (nSPS) is 12.5. The molecule has 138 valence electrons. The van der Waals surface area contributed by atoms with E-state index in [-0.39, 0.29) is 4.90 Å². The highest BCUT2D eigenvalue weighted by Gasteiger charge is 2.16. The Morgan fingerprint density at radius 3 is 2.31 bits per heavy atom. The lowest BCUT2D eigenvalue weighted by Gasteiger charge is -2.08. The summed E-state index contributed by atoms with van der Waals surface area (Å²) >= 11 is 7.11. The summed E-state index contributed by atoms with van der Waals surface area (Å²) in [5.41, 5.74) is 0.834. The van der Waals surface area contributed by atoms with Crippen molar-refractivity contribution in [2.24, 2.45) is 4.40 Å². The number of sulfonamides is 1. The molecule has 0 aliphatic carbocycles. The molecule has 0 atom stereocenters. The molecule has 0 saturated carbocycles. The summed E-state index contributed by atoms with van der Waals surface area (Å²) in [6.45, 7) is 2.49. The molecule has 1 heterocycles. The van der Waals surface area contributed by atoms with Crippen LogP contribution in [0.5, 0.6) is 11.5 Å². The summed E-state index contributed by atoms with van der Waals surface area (Å²) in [5, 5.41) is 0.466. The summed E-state index contributed by atoms with van der Waals surface area (Å²) in [6.07, 6.45) is 0. The first kappa shape index (κ1) is 18.8. The molecule has 0 spiro atoms. The van der Waals surface area contributed by atoms with Gasteiger partial charge in [-0.15, -0.1) is 4.40 Å². The number of rotatable bonds is 5. The smallest absolute Gasteiger partial charge is 0.285 e. The number of hydrogen-bond acceptors (Lipinski definition) is 5. The Bertz CT molecular complexity index is 1120. The molecule has 0 radical (unpaired) electrons. The van der Waals surface area contributed by atoms with E-state index < -0.39 is 10.0 Å². The summed E-state index contributed by atoms with van der Waals surface area (Å²) < 4.78 is 42.7. The monoisotopic (exact) mass is 412 g/mol. The number of ether oxygens (including phenoxy) is 2. The Morgan fingerprint density at radius 2 is 1.73 bits per heavy atom. The Hall–Kier alpha value is -2.03. The number of methoxy groups -OCH3 is 2. The van der Waals surface area contributed by atoms with Gasteiger partial charge in [-0.2, -0.15) is 8.42 Å². The van der Waals surface area contributed by atoms with Gasteiger partial charge in [0.15, 0.2) is 11.5 Å². The quantitative estimate of drug-likeness (QED) is 0.640. The molecule has 0 bridgehead atoms. The van der Waals surface area contributed by atoms with E-state index in [2.05, 4.69) is 4.40 Å². The van der Waals surface area contributed by atoms with E-state index in [1.807, 2.05) is 23.6 Å². The highest BCUT2D eigenvalue weighted by atomic mass is 35.5. The van der Waals surface area contributed by atoms with E-state index in [9.17, 15) is 8.42 Å². The van der Waals surface area contributed by atoms with Crippen molar-refractivity contribution in [2.75, 3.05) is 14.2 Å². The Morgan fingerprint density at radius 1 is 1.12 bits per heavy atom. The van der Waals surface area contributed by atoms with Crippen LogP contribution >= 0.6 is 22.9 Å². The van der Waals surface area contributed by atoms with E-state index >= 15 is 0 Å². The van der Waals surface area contributed by atoms with Crippen LogP contribution in [-0.2, 0) is 16.6 Å². The van der Waals surface area contributed by atoms with Crippen molar-refractivity contribution < 1.29 is 17.9 Å². The van der Waals surface area contributed by atoms with Crippen LogP contribution in [0.4, 0.5) is 0 Å². The van der Waals surface area contributed by atoms with Crippen LogP contribution in [0.3, 0.4) is 0 Å². The summed E-state index contributed by atoms with van der Waals surface area (Å²) in [6, 6.07) is 9.58. The SMILES string of the molecule is CCn1c(=NS(=O)(=O)c2ccc(Cl)cc2)sc2cc(OC)c(OC)cc21. The molecule has 2 aromatic carbocycles. The van der Waals surface area contributed by atoms with Crippen LogP contribution in [0.2, 0.25) is 5.02 Å². The topological polar surface area (TPSA) is 69.9 Å². The maximum atomic E-state index is 12.6. The molecule has 6 nitrogen and oxygen atoms in total. The minimum Gasteiger partial charge on any atom is -0.493 e. The van der Waals surface area contributed by atoms with E-state index in [1.54, 1.807) is 14.2 Å². The van der Waals surface area contributed by atoms with Gasteiger partial charge < -0.3 is 14.0 Å². The number of nitrogens with zero attached hydrogens (tertiary/aromatic N) is 2. The predicted molar refractivity (Wildman–Crippen MR) is 103 cm³/mol. The molecule has 0 aliphatic rings. The molecule has 0 saturated heterocycles. The minimum atomic E-state index is -3.85.